The maximum absolute atomic E-state index is 4.51. The molecule has 1 radical (unpaired) electrons. The van der Waals surface area contributed by atoms with Crippen LogP contribution in [0.5, 0.6) is 0 Å². The van der Waals surface area contributed by atoms with E-state index in [2.05, 4.69) is 33.0 Å². The van der Waals surface area contributed by atoms with Gasteiger partial charge in [-0.2, -0.15) is 0 Å². The summed E-state index contributed by atoms with van der Waals surface area (Å²) >= 11 is 1.59. The van der Waals surface area contributed by atoms with Crippen molar-refractivity contribution >= 4 is 17.0 Å². The van der Waals surface area contributed by atoms with Gasteiger partial charge in [-0.05, 0) is 36.1 Å². The second-order valence-electron chi connectivity index (χ2n) is 4.51. The van der Waals surface area contributed by atoms with Gasteiger partial charge in [0.15, 0.2) is 5.65 Å². The predicted molar refractivity (Wildman–Crippen MR) is 85.4 cm³/mol. The first kappa shape index (κ1) is 12.7. The highest BCUT2D eigenvalue weighted by Crippen LogP contribution is 2.26. The van der Waals surface area contributed by atoms with Crippen molar-refractivity contribution in [3.8, 4) is 22.4 Å². The summed E-state index contributed by atoms with van der Waals surface area (Å²) in [4.78, 5) is 14.8. The largest absolute Gasteiger partial charge is 0.295 e. The van der Waals surface area contributed by atoms with Gasteiger partial charge in [0.25, 0.3) is 0 Å². The number of aromatic nitrogens is 4. The van der Waals surface area contributed by atoms with Gasteiger partial charge in [-0.1, -0.05) is 6.07 Å². The monoisotopic (exact) mass is 301 g/mol. The first-order chi connectivity index (χ1) is 10.9. The SMILES string of the molecule is C(#Cc1ccc(-c2[c]n3ccncc3n2)s1)c1ccccn1. The smallest absolute Gasteiger partial charge is 0.156 e. The molecule has 0 aliphatic rings. The number of pyridine rings is 1. The molecule has 0 saturated heterocycles. The molecule has 103 valence electrons. The van der Waals surface area contributed by atoms with Gasteiger partial charge in [-0.15, -0.1) is 11.3 Å². The first-order valence-electron chi connectivity index (χ1n) is 6.63. The van der Waals surface area contributed by atoms with Crippen molar-refractivity contribution in [3.05, 3.63) is 71.9 Å². The van der Waals surface area contributed by atoms with Crippen molar-refractivity contribution < 1.29 is 0 Å². The Hall–Kier alpha value is -2.97. The number of rotatable bonds is 1. The number of hydrogen-bond acceptors (Lipinski definition) is 4. The molecule has 0 atom stereocenters. The lowest BCUT2D eigenvalue weighted by molar-refractivity contribution is 1.12. The van der Waals surface area contributed by atoms with E-state index in [1.54, 1.807) is 29.9 Å². The predicted octanol–water partition coefficient (Wildman–Crippen LogP) is 3.05. The fourth-order valence-electron chi connectivity index (χ4n) is 1.99. The lowest BCUT2D eigenvalue weighted by Gasteiger charge is -1.86. The van der Waals surface area contributed by atoms with Crippen LogP contribution in [0.25, 0.3) is 16.2 Å². The molecule has 0 bridgehead atoms. The standard InChI is InChI=1S/C17H9N4S/c1-2-8-19-13(3-1)4-5-14-6-7-16(22-14)15-12-21-10-9-18-11-17(21)20-15/h1-3,6-11H. The topological polar surface area (TPSA) is 43.1 Å². The van der Waals surface area contributed by atoms with Gasteiger partial charge in [0.1, 0.15) is 17.6 Å². The molecule has 4 heterocycles. The van der Waals surface area contributed by atoms with Crippen LogP contribution in [0, 0.1) is 18.0 Å². The normalized spacial score (nSPS) is 10.4. The van der Waals surface area contributed by atoms with Gasteiger partial charge in [0.05, 0.1) is 16.0 Å². The zero-order chi connectivity index (χ0) is 14.8. The van der Waals surface area contributed by atoms with Crippen molar-refractivity contribution in [1.82, 2.24) is 19.4 Å². The van der Waals surface area contributed by atoms with Crippen molar-refractivity contribution in [2.24, 2.45) is 0 Å². The average molecular weight is 301 g/mol. The summed E-state index contributed by atoms with van der Waals surface area (Å²) in [6, 6.07) is 9.70. The molecule has 0 N–H and O–H groups in total. The number of imidazole rings is 1. The number of thiophene rings is 1. The number of hydrogen-bond donors (Lipinski definition) is 0. The third kappa shape index (κ3) is 2.48. The molecule has 5 heteroatoms. The third-order valence-electron chi connectivity index (χ3n) is 3.01. The van der Waals surface area contributed by atoms with Crippen molar-refractivity contribution in [2.45, 2.75) is 0 Å². The van der Waals surface area contributed by atoms with Crippen LogP contribution in [0.3, 0.4) is 0 Å². The Morgan fingerprint density at radius 1 is 1.09 bits per heavy atom. The van der Waals surface area contributed by atoms with Crippen LogP contribution in [0.2, 0.25) is 0 Å². The van der Waals surface area contributed by atoms with Crippen LogP contribution >= 0.6 is 11.3 Å². The fraction of sp³-hybridized carbons (Fsp3) is 0. The molecule has 22 heavy (non-hydrogen) atoms. The maximum Gasteiger partial charge on any atom is 0.156 e. The van der Waals surface area contributed by atoms with E-state index in [1.807, 2.05) is 40.9 Å². The van der Waals surface area contributed by atoms with E-state index in [0.29, 0.717) is 0 Å². The van der Waals surface area contributed by atoms with Gasteiger partial charge in [0.2, 0.25) is 0 Å². The molecule has 0 aliphatic carbocycles. The Balaban J connectivity index is 1.65. The van der Waals surface area contributed by atoms with E-state index in [1.165, 1.54) is 0 Å². The maximum atomic E-state index is 4.51. The van der Waals surface area contributed by atoms with E-state index >= 15 is 0 Å². The van der Waals surface area contributed by atoms with Gasteiger partial charge in [-0.25, -0.2) is 9.97 Å². The summed E-state index contributed by atoms with van der Waals surface area (Å²) in [6.07, 6.45) is 10.2. The lowest BCUT2D eigenvalue weighted by atomic mass is 10.3. The minimum Gasteiger partial charge on any atom is -0.295 e. The van der Waals surface area contributed by atoms with Crippen LogP contribution in [0.4, 0.5) is 0 Å². The Morgan fingerprint density at radius 3 is 2.95 bits per heavy atom. The van der Waals surface area contributed by atoms with Gasteiger partial charge >= 0.3 is 0 Å². The number of nitrogens with zero attached hydrogens (tertiary/aromatic N) is 4. The van der Waals surface area contributed by atoms with Gasteiger partial charge in [0, 0.05) is 18.6 Å². The van der Waals surface area contributed by atoms with E-state index in [4.69, 9.17) is 0 Å². The van der Waals surface area contributed by atoms with Crippen LogP contribution in [0.15, 0.2) is 55.1 Å². The minimum atomic E-state index is 0.766. The minimum absolute atomic E-state index is 0.766. The van der Waals surface area contributed by atoms with Gasteiger partial charge in [-0.3, -0.25) is 9.38 Å². The average Bonchev–Trinajstić information content (AvgIpc) is 3.20. The van der Waals surface area contributed by atoms with Crippen molar-refractivity contribution in [3.63, 3.8) is 0 Å². The molecule has 0 aromatic carbocycles. The molecule has 0 fully saturated rings. The van der Waals surface area contributed by atoms with Crippen LogP contribution in [0.1, 0.15) is 10.6 Å². The van der Waals surface area contributed by atoms with Crippen LogP contribution < -0.4 is 0 Å². The molecule has 4 nitrogen and oxygen atoms in total. The van der Waals surface area contributed by atoms with Crippen molar-refractivity contribution in [1.29, 1.82) is 0 Å². The highest BCUT2D eigenvalue weighted by atomic mass is 32.1. The summed E-state index contributed by atoms with van der Waals surface area (Å²) in [5, 5.41) is 0. The molecule has 0 unspecified atom stereocenters. The van der Waals surface area contributed by atoms with Crippen LogP contribution in [-0.4, -0.2) is 19.4 Å². The summed E-state index contributed by atoms with van der Waals surface area (Å²) < 4.78 is 1.83. The Bertz CT molecular complexity index is 956. The van der Waals surface area contributed by atoms with Crippen molar-refractivity contribution in [2.75, 3.05) is 0 Å². The first-order valence-corrected chi connectivity index (χ1v) is 7.45. The Morgan fingerprint density at radius 2 is 2.09 bits per heavy atom. The highest BCUT2D eigenvalue weighted by molar-refractivity contribution is 7.16. The lowest BCUT2D eigenvalue weighted by Crippen LogP contribution is -1.81. The van der Waals surface area contributed by atoms with E-state index < -0.39 is 0 Å². The second kappa shape index (κ2) is 5.43. The molecular formula is C17H9N4S. The summed E-state index contributed by atoms with van der Waals surface area (Å²) in [5.74, 6) is 6.19. The summed E-state index contributed by atoms with van der Waals surface area (Å²) in [6.45, 7) is 0. The fourth-order valence-corrected chi connectivity index (χ4v) is 2.79. The molecule has 0 aliphatic heterocycles. The molecule has 0 spiro atoms. The molecule has 4 aromatic rings. The molecule has 4 aromatic heterocycles. The molecule has 0 saturated carbocycles. The zero-order valence-electron chi connectivity index (χ0n) is 11.4. The third-order valence-corrected chi connectivity index (χ3v) is 4.02. The molecule has 0 amide bonds. The van der Waals surface area contributed by atoms with E-state index in [-0.39, 0.29) is 0 Å². The number of fused-ring (bicyclic) bond motifs is 1. The summed E-state index contributed by atoms with van der Waals surface area (Å²) in [5.41, 5.74) is 2.36. The quantitative estimate of drug-likeness (QED) is 0.508. The van der Waals surface area contributed by atoms with E-state index in [0.717, 1.165) is 26.8 Å². The summed E-state index contributed by atoms with van der Waals surface area (Å²) in [7, 11) is 0. The van der Waals surface area contributed by atoms with Gasteiger partial charge < -0.3 is 0 Å². The Labute approximate surface area is 131 Å². The van der Waals surface area contributed by atoms with Crippen LogP contribution in [-0.2, 0) is 0 Å². The zero-order valence-corrected chi connectivity index (χ0v) is 12.2. The van der Waals surface area contributed by atoms with E-state index in [9.17, 15) is 0 Å². The highest BCUT2D eigenvalue weighted by Gasteiger charge is 2.07. The Kier molecular flexibility index (Phi) is 3.15. The molecule has 4 rings (SSSR count). The molecular weight excluding hydrogens is 292 g/mol. The second-order valence-corrected chi connectivity index (χ2v) is 5.59.